The number of anilines is 1. The zero-order valence-corrected chi connectivity index (χ0v) is 18.1. The molecule has 6 heteroatoms. The molecule has 4 rings (SSSR count). The fourth-order valence-electron chi connectivity index (χ4n) is 3.36. The number of hydrogen-bond acceptors (Lipinski definition) is 3. The molecule has 6 nitrogen and oxygen atoms in total. The number of aromatic nitrogens is 1. The fourth-order valence-corrected chi connectivity index (χ4v) is 3.36. The second kappa shape index (κ2) is 9.78. The zero-order chi connectivity index (χ0) is 23.2. The van der Waals surface area contributed by atoms with E-state index in [0.717, 1.165) is 11.1 Å². The van der Waals surface area contributed by atoms with Crippen LogP contribution < -0.4 is 16.2 Å². The van der Waals surface area contributed by atoms with Gasteiger partial charge < -0.3 is 10.6 Å². The molecule has 3 aromatic carbocycles. The molecule has 164 valence electrons. The highest BCUT2D eigenvalue weighted by Gasteiger charge is 2.13. The summed E-state index contributed by atoms with van der Waals surface area (Å²) >= 11 is 0. The molecule has 0 aliphatic heterocycles. The maximum atomic E-state index is 12.9. The van der Waals surface area contributed by atoms with E-state index in [1.54, 1.807) is 48.7 Å². The van der Waals surface area contributed by atoms with Gasteiger partial charge in [0.2, 0.25) is 0 Å². The summed E-state index contributed by atoms with van der Waals surface area (Å²) in [6, 6.07) is 26.9. The predicted octanol–water partition coefficient (Wildman–Crippen LogP) is 4.33. The number of nitrogens with one attached hydrogen (secondary N) is 2. The molecule has 0 unspecified atom stereocenters. The molecule has 0 bridgehead atoms. The van der Waals surface area contributed by atoms with Gasteiger partial charge in [0, 0.05) is 29.7 Å². The molecule has 0 aliphatic carbocycles. The molecule has 0 saturated carbocycles. The number of nitrogens with zero attached hydrogens (tertiary/aromatic N) is 1. The van der Waals surface area contributed by atoms with Crippen molar-refractivity contribution in [1.29, 1.82) is 0 Å². The van der Waals surface area contributed by atoms with E-state index >= 15 is 0 Å². The summed E-state index contributed by atoms with van der Waals surface area (Å²) < 4.78 is 1.41. The Bertz CT molecular complexity index is 1330. The Labute approximate surface area is 191 Å². The topological polar surface area (TPSA) is 80.2 Å². The first-order chi connectivity index (χ1) is 16.0. The van der Waals surface area contributed by atoms with E-state index in [-0.39, 0.29) is 11.5 Å². The second-order valence-corrected chi connectivity index (χ2v) is 7.63. The van der Waals surface area contributed by atoms with Crippen LogP contribution in [0.4, 0.5) is 5.69 Å². The SMILES string of the molecule is Cc1ccc(C(=O)Nc2ccc(-n3cccc(C(=O)NCc4ccccc4)c3=O)cc2)cc1. The van der Waals surface area contributed by atoms with Crippen LogP contribution in [0.2, 0.25) is 0 Å². The molecule has 4 aromatic rings. The highest BCUT2D eigenvalue weighted by atomic mass is 16.2. The quantitative estimate of drug-likeness (QED) is 0.471. The lowest BCUT2D eigenvalue weighted by atomic mass is 10.1. The highest BCUT2D eigenvalue weighted by molar-refractivity contribution is 6.04. The predicted molar refractivity (Wildman–Crippen MR) is 129 cm³/mol. The Morgan fingerprint density at radius 3 is 2.18 bits per heavy atom. The van der Waals surface area contributed by atoms with Crippen molar-refractivity contribution in [3.63, 3.8) is 0 Å². The number of amides is 2. The molecule has 0 radical (unpaired) electrons. The van der Waals surface area contributed by atoms with Crippen LogP contribution in [-0.2, 0) is 6.54 Å². The number of pyridine rings is 1. The molecular weight excluding hydrogens is 414 g/mol. The molecule has 33 heavy (non-hydrogen) atoms. The number of rotatable bonds is 6. The number of carbonyl (C=O) groups excluding carboxylic acids is 2. The van der Waals surface area contributed by atoms with Gasteiger partial charge in [0.05, 0.1) is 0 Å². The average molecular weight is 437 g/mol. The smallest absolute Gasteiger partial charge is 0.267 e. The second-order valence-electron chi connectivity index (χ2n) is 7.63. The van der Waals surface area contributed by atoms with Gasteiger partial charge in [-0.2, -0.15) is 0 Å². The van der Waals surface area contributed by atoms with Crippen molar-refractivity contribution in [2.75, 3.05) is 5.32 Å². The minimum absolute atomic E-state index is 0.0604. The first-order valence-electron chi connectivity index (χ1n) is 10.5. The van der Waals surface area contributed by atoms with E-state index in [4.69, 9.17) is 0 Å². The van der Waals surface area contributed by atoms with Crippen LogP contribution in [0.1, 0.15) is 31.8 Å². The number of benzene rings is 3. The van der Waals surface area contributed by atoms with Gasteiger partial charge in [0.15, 0.2) is 0 Å². The summed E-state index contributed by atoms with van der Waals surface area (Å²) in [5, 5.41) is 5.63. The monoisotopic (exact) mass is 437 g/mol. The summed E-state index contributed by atoms with van der Waals surface area (Å²) in [4.78, 5) is 37.9. The molecule has 2 amide bonds. The van der Waals surface area contributed by atoms with Gasteiger partial charge in [-0.1, -0.05) is 48.0 Å². The Balaban J connectivity index is 1.47. The van der Waals surface area contributed by atoms with Crippen molar-refractivity contribution in [1.82, 2.24) is 9.88 Å². The summed E-state index contributed by atoms with van der Waals surface area (Å²) in [6.07, 6.45) is 1.61. The third-order valence-electron chi connectivity index (χ3n) is 5.20. The summed E-state index contributed by atoms with van der Waals surface area (Å²) in [6.45, 7) is 2.30. The standard InChI is InChI=1S/C27H23N3O3/c1-19-9-11-21(12-10-19)25(31)29-22-13-15-23(16-14-22)30-17-5-8-24(27(30)33)26(32)28-18-20-6-3-2-4-7-20/h2-17H,18H2,1H3,(H,28,32)(H,29,31). The number of hydrogen-bond donors (Lipinski definition) is 2. The summed E-state index contributed by atoms with van der Waals surface area (Å²) in [7, 11) is 0. The van der Waals surface area contributed by atoms with E-state index in [1.807, 2.05) is 49.4 Å². The third-order valence-corrected chi connectivity index (χ3v) is 5.20. The molecule has 2 N–H and O–H groups in total. The first kappa shape index (κ1) is 21.8. The van der Waals surface area contributed by atoms with Crippen LogP contribution in [0.25, 0.3) is 5.69 Å². The van der Waals surface area contributed by atoms with Gasteiger partial charge in [-0.25, -0.2) is 0 Å². The average Bonchev–Trinajstić information content (AvgIpc) is 2.84. The van der Waals surface area contributed by atoms with Crippen molar-refractivity contribution in [2.45, 2.75) is 13.5 Å². The van der Waals surface area contributed by atoms with Crippen molar-refractivity contribution >= 4 is 17.5 Å². The maximum absolute atomic E-state index is 12.9. The zero-order valence-electron chi connectivity index (χ0n) is 18.1. The fraction of sp³-hybridized carbons (Fsp3) is 0.0741. The van der Waals surface area contributed by atoms with Gasteiger partial charge in [-0.05, 0) is 61.0 Å². The lowest BCUT2D eigenvalue weighted by molar-refractivity contribution is 0.0948. The van der Waals surface area contributed by atoms with Crippen LogP contribution in [-0.4, -0.2) is 16.4 Å². The molecule has 0 saturated heterocycles. The minimum atomic E-state index is -0.430. The van der Waals surface area contributed by atoms with Crippen molar-refractivity contribution < 1.29 is 9.59 Å². The Morgan fingerprint density at radius 1 is 0.788 bits per heavy atom. The van der Waals surface area contributed by atoms with E-state index in [0.29, 0.717) is 23.5 Å². The van der Waals surface area contributed by atoms with Crippen LogP contribution in [0.15, 0.2) is 102 Å². The summed E-state index contributed by atoms with van der Waals surface area (Å²) in [5.74, 6) is -0.641. The Morgan fingerprint density at radius 2 is 1.48 bits per heavy atom. The Hall–Kier alpha value is -4.45. The third kappa shape index (κ3) is 5.25. The van der Waals surface area contributed by atoms with Crippen molar-refractivity contribution in [2.24, 2.45) is 0 Å². The maximum Gasteiger partial charge on any atom is 0.267 e. The van der Waals surface area contributed by atoms with Gasteiger partial charge in [0.25, 0.3) is 17.4 Å². The lowest BCUT2D eigenvalue weighted by Gasteiger charge is -2.10. The van der Waals surface area contributed by atoms with E-state index in [1.165, 1.54) is 10.6 Å². The highest BCUT2D eigenvalue weighted by Crippen LogP contribution is 2.14. The number of carbonyl (C=O) groups is 2. The lowest BCUT2D eigenvalue weighted by Crippen LogP contribution is -2.31. The van der Waals surface area contributed by atoms with E-state index in [9.17, 15) is 14.4 Å². The first-order valence-corrected chi connectivity index (χ1v) is 10.5. The molecule has 0 spiro atoms. The molecule has 0 fully saturated rings. The molecule has 1 aromatic heterocycles. The van der Waals surface area contributed by atoms with Crippen LogP contribution in [0, 0.1) is 6.92 Å². The molecular formula is C27H23N3O3. The van der Waals surface area contributed by atoms with Crippen molar-refractivity contribution in [3.8, 4) is 5.69 Å². The van der Waals surface area contributed by atoms with Gasteiger partial charge in [0.1, 0.15) is 5.56 Å². The van der Waals surface area contributed by atoms with Gasteiger partial charge in [-0.3, -0.25) is 19.0 Å². The largest absolute Gasteiger partial charge is 0.348 e. The molecule has 0 aliphatic rings. The Kier molecular flexibility index (Phi) is 6.45. The molecule has 0 atom stereocenters. The minimum Gasteiger partial charge on any atom is -0.348 e. The van der Waals surface area contributed by atoms with E-state index in [2.05, 4.69) is 10.6 Å². The summed E-state index contributed by atoms with van der Waals surface area (Å²) in [5.41, 5.74) is 3.43. The normalized spacial score (nSPS) is 10.5. The van der Waals surface area contributed by atoms with Gasteiger partial charge >= 0.3 is 0 Å². The van der Waals surface area contributed by atoms with Crippen LogP contribution >= 0.6 is 0 Å². The van der Waals surface area contributed by atoms with Crippen molar-refractivity contribution in [3.05, 3.63) is 130 Å². The molecule has 1 heterocycles. The van der Waals surface area contributed by atoms with Crippen LogP contribution in [0.5, 0.6) is 0 Å². The van der Waals surface area contributed by atoms with Crippen LogP contribution in [0.3, 0.4) is 0 Å². The van der Waals surface area contributed by atoms with Gasteiger partial charge in [-0.15, -0.1) is 0 Å². The van der Waals surface area contributed by atoms with E-state index < -0.39 is 11.5 Å². The number of aryl methyl sites for hydroxylation is 1.